The molecule has 4 bridgehead atoms. The van der Waals surface area contributed by atoms with Crippen LogP contribution in [0, 0.1) is 23.7 Å². The molecule has 18 heavy (non-hydrogen) atoms. The molecule has 0 atom stereocenters. The van der Waals surface area contributed by atoms with E-state index in [1.54, 1.807) is 5.51 Å². The van der Waals surface area contributed by atoms with E-state index in [4.69, 9.17) is 0 Å². The third-order valence-corrected chi connectivity index (χ3v) is 5.78. The minimum absolute atomic E-state index is 0.0359. The molecule has 3 nitrogen and oxygen atoms in total. The second-order valence-electron chi connectivity index (χ2n) is 6.30. The number of hydrogen-bond donors (Lipinski definition) is 1. The highest BCUT2D eigenvalue weighted by atomic mass is 32.1. The Labute approximate surface area is 111 Å². The van der Waals surface area contributed by atoms with Gasteiger partial charge in [-0.25, -0.2) is 4.98 Å². The van der Waals surface area contributed by atoms with Crippen molar-refractivity contribution in [1.82, 2.24) is 10.3 Å². The molecular formula is C14H18N2OS. The van der Waals surface area contributed by atoms with Gasteiger partial charge in [0.25, 0.3) is 5.91 Å². The number of rotatable bonds is 2. The maximum atomic E-state index is 12.1. The van der Waals surface area contributed by atoms with Crippen LogP contribution < -0.4 is 5.32 Å². The molecule has 4 heteroatoms. The number of hydrogen-bond acceptors (Lipinski definition) is 3. The standard InChI is InChI=1S/C14H18N2OS/c17-14(12-6-18-7-15-12)16-13-10-2-8-1-9(4-10)5-11(13)3-8/h6-11,13H,1-5H2,(H,16,17). The first-order valence-electron chi connectivity index (χ1n) is 6.98. The van der Waals surface area contributed by atoms with E-state index in [0.29, 0.717) is 11.7 Å². The SMILES string of the molecule is O=C(NC1C2CC3CC(C2)CC1C3)c1cscn1. The van der Waals surface area contributed by atoms with Crippen LogP contribution in [0.5, 0.6) is 0 Å². The molecule has 0 saturated heterocycles. The first-order chi connectivity index (χ1) is 8.79. The largest absolute Gasteiger partial charge is 0.347 e. The summed E-state index contributed by atoms with van der Waals surface area (Å²) in [4.78, 5) is 16.2. The van der Waals surface area contributed by atoms with Crippen molar-refractivity contribution in [3.63, 3.8) is 0 Å². The van der Waals surface area contributed by atoms with Gasteiger partial charge < -0.3 is 5.32 Å². The fourth-order valence-electron chi connectivity index (χ4n) is 4.71. The fourth-order valence-corrected chi connectivity index (χ4v) is 5.24. The molecule has 1 aromatic rings. The number of nitrogens with zero attached hydrogens (tertiary/aromatic N) is 1. The molecule has 96 valence electrons. The number of carbonyl (C=O) groups is 1. The van der Waals surface area contributed by atoms with Gasteiger partial charge in [0.2, 0.25) is 0 Å². The number of aromatic nitrogens is 1. The van der Waals surface area contributed by atoms with Gasteiger partial charge in [-0.3, -0.25) is 4.79 Å². The van der Waals surface area contributed by atoms with Crippen molar-refractivity contribution in [3.05, 3.63) is 16.6 Å². The Morgan fingerprint density at radius 3 is 2.39 bits per heavy atom. The molecule has 5 rings (SSSR count). The summed E-state index contributed by atoms with van der Waals surface area (Å²) in [5.74, 6) is 3.43. The van der Waals surface area contributed by atoms with Crippen molar-refractivity contribution < 1.29 is 4.79 Å². The molecule has 4 aliphatic rings. The van der Waals surface area contributed by atoms with E-state index in [1.165, 1.54) is 43.4 Å². The van der Waals surface area contributed by atoms with Crippen molar-refractivity contribution in [3.8, 4) is 0 Å². The lowest BCUT2D eigenvalue weighted by molar-refractivity contribution is -0.0120. The first kappa shape index (κ1) is 11.0. The van der Waals surface area contributed by atoms with Crippen molar-refractivity contribution in [2.24, 2.45) is 23.7 Å². The highest BCUT2D eigenvalue weighted by molar-refractivity contribution is 7.07. The predicted molar refractivity (Wildman–Crippen MR) is 70.4 cm³/mol. The van der Waals surface area contributed by atoms with Gasteiger partial charge in [-0.1, -0.05) is 0 Å². The topological polar surface area (TPSA) is 42.0 Å². The number of carbonyl (C=O) groups excluding carboxylic acids is 1. The van der Waals surface area contributed by atoms with E-state index in [2.05, 4.69) is 10.3 Å². The minimum Gasteiger partial charge on any atom is -0.347 e. The van der Waals surface area contributed by atoms with Crippen molar-refractivity contribution in [1.29, 1.82) is 0 Å². The Kier molecular flexibility index (Phi) is 2.47. The average Bonchev–Trinajstić information content (AvgIpc) is 2.86. The summed E-state index contributed by atoms with van der Waals surface area (Å²) in [5.41, 5.74) is 2.32. The van der Waals surface area contributed by atoms with Crippen LogP contribution in [0.2, 0.25) is 0 Å². The average molecular weight is 262 g/mol. The van der Waals surface area contributed by atoms with E-state index >= 15 is 0 Å². The van der Waals surface area contributed by atoms with Crippen molar-refractivity contribution in [2.45, 2.75) is 38.1 Å². The molecule has 0 aliphatic heterocycles. The summed E-state index contributed by atoms with van der Waals surface area (Å²) in [7, 11) is 0. The molecule has 0 unspecified atom stereocenters. The zero-order chi connectivity index (χ0) is 12.1. The zero-order valence-corrected chi connectivity index (χ0v) is 11.2. The third kappa shape index (κ3) is 1.69. The summed E-state index contributed by atoms with van der Waals surface area (Å²) >= 11 is 1.49. The van der Waals surface area contributed by atoms with Crippen LogP contribution in [0.25, 0.3) is 0 Å². The van der Waals surface area contributed by atoms with E-state index < -0.39 is 0 Å². The van der Waals surface area contributed by atoms with Gasteiger partial charge in [0.15, 0.2) is 0 Å². The van der Waals surface area contributed by atoms with Gasteiger partial charge in [-0.2, -0.15) is 0 Å². The van der Waals surface area contributed by atoms with Gasteiger partial charge in [-0.15, -0.1) is 11.3 Å². The summed E-state index contributed by atoms with van der Waals surface area (Å²) in [6.45, 7) is 0. The second kappa shape index (κ2) is 4.05. The van der Waals surface area contributed by atoms with Crippen LogP contribution in [0.4, 0.5) is 0 Å². The number of nitrogens with one attached hydrogen (secondary N) is 1. The Hall–Kier alpha value is -0.900. The molecular weight excluding hydrogens is 244 g/mol. The summed E-state index contributed by atoms with van der Waals surface area (Å²) in [6.07, 6.45) is 6.83. The van der Waals surface area contributed by atoms with Crippen LogP contribution in [-0.4, -0.2) is 16.9 Å². The van der Waals surface area contributed by atoms with E-state index in [0.717, 1.165) is 23.7 Å². The molecule has 1 N–H and O–H groups in total. The van der Waals surface area contributed by atoms with Crippen LogP contribution in [0.15, 0.2) is 10.9 Å². The Bertz CT molecular complexity index is 428. The van der Waals surface area contributed by atoms with Crippen molar-refractivity contribution in [2.75, 3.05) is 0 Å². The second-order valence-corrected chi connectivity index (χ2v) is 7.02. The molecule has 4 aliphatic carbocycles. The molecule has 1 amide bonds. The zero-order valence-electron chi connectivity index (χ0n) is 10.3. The van der Waals surface area contributed by atoms with Gasteiger partial charge in [-0.05, 0) is 55.8 Å². The predicted octanol–water partition coefficient (Wildman–Crippen LogP) is 2.70. The lowest BCUT2D eigenvalue weighted by Gasteiger charge is -2.54. The quantitative estimate of drug-likeness (QED) is 0.890. The van der Waals surface area contributed by atoms with Crippen molar-refractivity contribution >= 4 is 17.2 Å². The first-order valence-corrected chi connectivity index (χ1v) is 7.93. The maximum absolute atomic E-state index is 12.1. The normalized spacial score (nSPS) is 41.0. The van der Waals surface area contributed by atoms with Crippen LogP contribution in [0.3, 0.4) is 0 Å². The number of amides is 1. The van der Waals surface area contributed by atoms with Gasteiger partial charge in [0, 0.05) is 11.4 Å². The summed E-state index contributed by atoms with van der Waals surface area (Å²) < 4.78 is 0. The van der Waals surface area contributed by atoms with Gasteiger partial charge >= 0.3 is 0 Å². The molecule has 4 saturated carbocycles. The van der Waals surface area contributed by atoms with Crippen LogP contribution >= 0.6 is 11.3 Å². The van der Waals surface area contributed by atoms with Crippen LogP contribution in [0.1, 0.15) is 42.6 Å². The monoisotopic (exact) mass is 262 g/mol. The lowest BCUT2D eigenvalue weighted by Crippen LogP contribution is -2.55. The molecule has 0 spiro atoms. The molecule has 0 aromatic carbocycles. The van der Waals surface area contributed by atoms with Gasteiger partial charge in [0.05, 0.1) is 5.51 Å². The lowest BCUT2D eigenvalue weighted by atomic mass is 9.54. The Morgan fingerprint density at radius 2 is 1.83 bits per heavy atom. The van der Waals surface area contributed by atoms with E-state index in [-0.39, 0.29) is 5.91 Å². The Morgan fingerprint density at radius 1 is 1.17 bits per heavy atom. The van der Waals surface area contributed by atoms with Gasteiger partial charge in [0.1, 0.15) is 5.69 Å². The molecule has 4 fully saturated rings. The molecule has 1 aromatic heterocycles. The molecule has 0 radical (unpaired) electrons. The van der Waals surface area contributed by atoms with Crippen LogP contribution in [-0.2, 0) is 0 Å². The smallest absolute Gasteiger partial charge is 0.270 e. The number of thiazole rings is 1. The fraction of sp³-hybridized carbons (Fsp3) is 0.714. The summed E-state index contributed by atoms with van der Waals surface area (Å²) in [5, 5.41) is 5.11. The maximum Gasteiger partial charge on any atom is 0.270 e. The van der Waals surface area contributed by atoms with E-state index in [9.17, 15) is 4.79 Å². The highest BCUT2D eigenvalue weighted by Gasteiger charge is 2.48. The summed E-state index contributed by atoms with van der Waals surface area (Å²) in [6, 6.07) is 0.423. The highest BCUT2D eigenvalue weighted by Crippen LogP contribution is 2.53. The van der Waals surface area contributed by atoms with E-state index in [1.807, 2.05) is 5.38 Å². The minimum atomic E-state index is 0.0359. The molecule has 1 heterocycles. The third-order valence-electron chi connectivity index (χ3n) is 5.19. The Balaban J connectivity index is 1.50.